The van der Waals surface area contributed by atoms with Gasteiger partial charge in [0, 0.05) is 106 Å². The molecule has 112 heavy (non-hydrogen) atoms. The van der Waals surface area contributed by atoms with E-state index in [4.69, 9.17) is 90.1 Å². The third kappa shape index (κ3) is 17.2. The van der Waals surface area contributed by atoms with Crippen molar-refractivity contribution < 1.29 is 28.4 Å². The monoisotopic (exact) mass is 1730 g/mol. The molecule has 1 fully saturated rings. The van der Waals surface area contributed by atoms with Crippen molar-refractivity contribution in [1.29, 1.82) is 0 Å². The normalized spacial score (nSPS) is 13.8. The maximum Gasteiger partial charge on any atom is 0.494 e. The minimum absolute atomic E-state index is 0.358. The van der Waals surface area contributed by atoms with Gasteiger partial charge in [0.15, 0.2) is 5.69 Å². The number of aryl methyl sites for hydroxylation is 10. The van der Waals surface area contributed by atoms with Crippen LogP contribution in [0.1, 0.15) is 101 Å². The second-order valence-corrected chi connectivity index (χ2v) is 32.0. The van der Waals surface area contributed by atoms with Crippen molar-refractivity contribution in [3.63, 3.8) is 0 Å². The number of aromatic amines is 1. The van der Waals surface area contributed by atoms with Crippen molar-refractivity contribution in [2.24, 2.45) is 39.7 Å². The van der Waals surface area contributed by atoms with Gasteiger partial charge in [0.2, 0.25) is 0 Å². The minimum Gasteiger partial charge on any atom is -0.410 e. The van der Waals surface area contributed by atoms with Crippen LogP contribution in [0.15, 0.2) is 124 Å². The van der Waals surface area contributed by atoms with Gasteiger partial charge < -0.3 is 30.8 Å². The highest BCUT2D eigenvalue weighted by Crippen LogP contribution is 2.40. The molecule has 3 aliphatic rings. The average Bonchev–Trinajstić information content (AvgIpc) is 1.77. The van der Waals surface area contributed by atoms with E-state index in [-0.39, 0.29) is 11.2 Å². The average molecular weight is 1740 g/mol. The molecule has 0 radical (unpaired) electrons. The van der Waals surface area contributed by atoms with Crippen LogP contribution in [0.2, 0.25) is 25.1 Å². The molecule has 7 N–H and O–H groups in total. The van der Waals surface area contributed by atoms with Crippen LogP contribution in [0.5, 0.6) is 5.75 Å². The molecular formula is C79H79BBr2Cl5N19O6. The number of ether oxygens (including phenoxy) is 1. The Labute approximate surface area is 687 Å². The van der Waals surface area contributed by atoms with Gasteiger partial charge in [-0.2, -0.15) is 35.7 Å². The first-order valence-corrected chi connectivity index (χ1v) is 38.9. The van der Waals surface area contributed by atoms with Crippen LogP contribution in [0.4, 0.5) is 16.2 Å². The first-order valence-electron chi connectivity index (χ1n) is 35.5. The Bertz CT molecular complexity index is 5860. The number of carbonyl (C=O) groups is 3. The first kappa shape index (κ1) is 81.8. The number of hydrogen-bond donors (Lipinski definition) is 5. The van der Waals surface area contributed by atoms with Crippen LogP contribution in [0, 0.1) is 41.2 Å². The zero-order valence-corrected chi connectivity index (χ0v) is 70.5. The maximum atomic E-state index is 12.1. The lowest BCUT2D eigenvalue weighted by atomic mass is 9.78. The zero-order chi connectivity index (χ0) is 80.7. The van der Waals surface area contributed by atoms with Crippen molar-refractivity contribution in [1.82, 2.24) is 74.2 Å². The number of benzene rings is 7. The second kappa shape index (κ2) is 33.6. The summed E-state index contributed by atoms with van der Waals surface area (Å²) < 4.78 is 30.1. The van der Waals surface area contributed by atoms with Gasteiger partial charge >= 0.3 is 13.2 Å². The largest absolute Gasteiger partial charge is 0.494 e. The van der Waals surface area contributed by atoms with Gasteiger partial charge in [-0.1, -0.05) is 126 Å². The number of fused-ring (bicyclic) bond motifs is 7. The van der Waals surface area contributed by atoms with Crippen LogP contribution in [-0.2, 0) is 63.6 Å². The van der Waals surface area contributed by atoms with E-state index >= 15 is 0 Å². The summed E-state index contributed by atoms with van der Waals surface area (Å²) in [4.78, 5) is 38.9. The van der Waals surface area contributed by atoms with Crippen molar-refractivity contribution in [2.75, 3.05) is 11.9 Å². The van der Waals surface area contributed by atoms with Gasteiger partial charge in [-0.05, 0) is 166 Å². The summed E-state index contributed by atoms with van der Waals surface area (Å²) in [5, 5.41) is 48.0. The molecule has 578 valence electrons. The highest BCUT2D eigenvalue weighted by atomic mass is 79.9. The Morgan fingerprint density at radius 2 is 1.03 bits per heavy atom. The van der Waals surface area contributed by atoms with Crippen LogP contribution >= 0.6 is 89.9 Å². The van der Waals surface area contributed by atoms with Crippen LogP contribution in [0.3, 0.4) is 0 Å². The van der Waals surface area contributed by atoms with Gasteiger partial charge in [0.25, 0.3) is 11.8 Å². The molecule has 0 spiro atoms. The Hall–Kier alpha value is -9.64. The minimum atomic E-state index is -0.559. The summed E-state index contributed by atoms with van der Waals surface area (Å²) in [6.07, 6.45) is 2.38. The van der Waals surface area contributed by atoms with Crippen molar-refractivity contribution in [3.05, 3.63) is 212 Å². The second-order valence-electron chi connectivity index (χ2n) is 28.1. The Balaban J connectivity index is 0.000000127. The molecule has 14 aromatic rings. The molecule has 33 heteroatoms. The van der Waals surface area contributed by atoms with Gasteiger partial charge in [-0.25, -0.2) is 9.64 Å². The summed E-state index contributed by atoms with van der Waals surface area (Å²) in [5.41, 5.74) is 27.4. The lowest BCUT2D eigenvalue weighted by molar-refractivity contribution is 0.00578. The van der Waals surface area contributed by atoms with E-state index in [9.17, 15) is 14.4 Å². The Kier molecular flexibility index (Phi) is 24.5. The van der Waals surface area contributed by atoms with Gasteiger partial charge in [0.05, 0.1) is 117 Å². The topological polar surface area (TPSA) is 295 Å². The number of nitrogens with zero attached hydrogens (tertiary/aromatic N) is 14. The van der Waals surface area contributed by atoms with E-state index in [0.717, 1.165) is 157 Å². The molecule has 3 aliphatic heterocycles. The molecule has 25 nitrogen and oxygen atoms in total. The fraction of sp³-hybridized carbons (Fsp3) is 0.278. The zero-order valence-electron chi connectivity index (χ0n) is 63.5. The number of rotatable bonds is 7. The summed E-state index contributed by atoms with van der Waals surface area (Å²) in [6.45, 7) is 27.7. The molecule has 7 aromatic carbocycles. The van der Waals surface area contributed by atoms with E-state index in [1.165, 1.54) is 0 Å². The number of hydrogen-bond acceptors (Lipinski definition) is 14. The standard InChI is InChI=1S/C17H18ClN5O.C16H17ClN6O.C15H20BClN2O2.C14H10N2O2.C9H8BrClN2.C8H6BrClN2/c1-9-11-7-10(8-12(18)16(11)22(2)20-9)15-14(17(19)24)13-5-3-4-6-23(13)21-15;1-8-10-5-9(6-11(17)15(10)22(2)20-8)14-13(16(18)24)12-7-19-3-4-23(12)21-14;1-9-11-7-10(8-12(17)13(11)19(6)18-9)16-20-14(2,3)15(4,5)21-16;1-15-11-7-9-12(10-8-11)16-14(17)18-13-5-3-2-4-6-13;1-5-7-3-6(10)4-8(11)9(7)13(2)12-5;1-4-6-2-5(9)3-7(10)8(6)12-11-4/h7-8H,3-6H2,1-2H3,(H2,19,24);5-6,19H,3-4,7H2,1-2H3,(H2,18,24);7-8H,1-6H3;2-10H,(H,16,17);3-4H,1-2H3;2-3H,1H3,(H,11,12). The smallest absolute Gasteiger partial charge is 0.410 e. The summed E-state index contributed by atoms with van der Waals surface area (Å²) in [6, 6.07) is 34.7. The fourth-order valence-corrected chi connectivity index (χ4v) is 16.5. The van der Waals surface area contributed by atoms with Gasteiger partial charge in [0.1, 0.15) is 22.7 Å². The molecule has 0 bridgehead atoms. The predicted octanol–water partition coefficient (Wildman–Crippen LogP) is 17.7. The molecule has 0 aliphatic carbocycles. The molecule has 0 atom stereocenters. The molecule has 7 aromatic heterocycles. The number of halogens is 7. The first-order chi connectivity index (χ1) is 53.1. The lowest BCUT2D eigenvalue weighted by Crippen LogP contribution is -2.41. The van der Waals surface area contributed by atoms with Crippen LogP contribution in [-0.4, -0.2) is 112 Å². The van der Waals surface area contributed by atoms with Gasteiger partial charge in [-0.3, -0.25) is 48.1 Å². The molecule has 3 amide bonds. The molecule has 10 heterocycles. The highest BCUT2D eigenvalue weighted by Gasteiger charge is 2.52. The summed E-state index contributed by atoms with van der Waals surface area (Å²) in [5.74, 6) is -0.436. The number of H-pyrrole nitrogens is 1. The summed E-state index contributed by atoms with van der Waals surface area (Å²) >= 11 is 38.2. The third-order valence-electron chi connectivity index (χ3n) is 19.8. The van der Waals surface area contributed by atoms with Crippen molar-refractivity contribution in [3.8, 4) is 28.3 Å². The van der Waals surface area contributed by atoms with Gasteiger partial charge in [-0.15, -0.1) is 0 Å². The molecule has 17 rings (SSSR count). The van der Waals surface area contributed by atoms with E-state index in [0.29, 0.717) is 72.8 Å². The SMILES string of the molecule is Cc1[nH]nc2c(Cl)cc(Br)cc12.Cc1nn(C)c2c(Cl)cc(-c3nn4c(c3C(N)=O)CCCC4)cc12.Cc1nn(C)c2c(Cl)cc(-c3nn4c(c3C(N)=O)CNCC4)cc12.Cc1nn(C)c2c(Cl)cc(B3OC(C)(C)C(C)(C)O3)cc12.Cc1nn(C)c2c(Cl)cc(Br)cc12.[C-]#[N+]c1ccc(NC(=O)Oc2ccccc2)cc1. The van der Waals surface area contributed by atoms with E-state index in [1.807, 2.05) is 161 Å². The number of aromatic nitrogens is 14. The Morgan fingerprint density at radius 3 is 1.54 bits per heavy atom. The number of para-hydroxylation sites is 1. The number of nitrogens with two attached hydrogens (primary N) is 2. The number of primary amides is 2. The highest BCUT2D eigenvalue weighted by molar-refractivity contribution is 9.10. The summed E-state index contributed by atoms with van der Waals surface area (Å²) in [7, 11) is 7.11. The van der Waals surface area contributed by atoms with E-state index in [2.05, 4.69) is 94.2 Å². The van der Waals surface area contributed by atoms with E-state index < -0.39 is 25.0 Å². The Morgan fingerprint density at radius 1 is 0.571 bits per heavy atom. The molecule has 0 unspecified atom stereocenters. The van der Waals surface area contributed by atoms with Crippen molar-refractivity contribution >= 4 is 186 Å². The fourth-order valence-electron chi connectivity index (χ4n) is 13.7. The van der Waals surface area contributed by atoms with Crippen molar-refractivity contribution in [2.45, 2.75) is 112 Å². The predicted molar refractivity (Wildman–Crippen MR) is 452 cm³/mol. The number of carbonyl (C=O) groups excluding carboxylic acids is 3. The lowest BCUT2D eigenvalue weighted by Gasteiger charge is -2.32. The number of anilines is 1. The number of amides is 3. The molecule has 1 saturated heterocycles. The molecule has 0 saturated carbocycles. The number of nitrogens with one attached hydrogen (secondary N) is 3. The maximum absolute atomic E-state index is 12.1. The van der Waals surface area contributed by atoms with Crippen LogP contribution < -0.4 is 32.3 Å². The third-order valence-corrected chi connectivity index (χ3v) is 22.1. The quantitative estimate of drug-likeness (QED) is 0.0732. The van der Waals surface area contributed by atoms with E-state index in [1.54, 1.807) is 67.3 Å². The molecular weight excluding hydrogens is 1660 g/mol. The van der Waals surface area contributed by atoms with Crippen LogP contribution in [0.25, 0.3) is 81.9 Å².